The van der Waals surface area contributed by atoms with Crippen LogP contribution in [0.2, 0.25) is 0 Å². The van der Waals surface area contributed by atoms with Crippen molar-refractivity contribution in [3.05, 3.63) is 34.4 Å². The van der Waals surface area contributed by atoms with Gasteiger partial charge in [-0.1, -0.05) is 6.07 Å². The molecule has 0 aliphatic heterocycles. The molecular formula is C13H13NO3. The predicted molar refractivity (Wildman–Crippen MR) is 61.6 cm³/mol. The number of rotatable bonds is 4. The summed E-state index contributed by atoms with van der Waals surface area (Å²) in [5, 5.41) is 8.84. The fourth-order valence-corrected chi connectivity index (χ4v) is 1.54. The molecule has 17 heavy (non-hydrogen) atoms. The molecule has 0 unspecified atom stereocenters. The van der Waals surface area contributed by atoms with E-state index in [4.69, 9.17) is 10.00 Å². The molecule has 0 amide bonds. The van der Waals surface area contributed by atoms with Crippen molar-refractivity contribution in [2.75, 3.05) is 6.61 Å². The highest BCUT2D eigenvalue weighted by Gasteiger charge is 2.11. The smallest absolute Gasteiger partial charge is 0.310 e. The lowest BCUT2D eigenvalue weighted by Gasteiger charge is -2.07. The molecule has 0 heterocycles. The molecule has 0 saturated heterocycles. The topological polar surface area (TPSA) is 67.2 Å². The highest BCUT2D eigenvalue weighted by Crippen LogP contribution is 2.16. The van der Waals surface area contributed by atoms with E-state index >= 15 is 0 Å². The van der Waals surface area contributed by atoms with E-state index in [-0.39, 0.29) is 12.4 Å². The Morgan fingerprint density at radius 2 is 2.24 bits per heavy atom. The number of hydrogen-bond acceptors (Lipinski definition) is 4. The Balaban J connectivity index is 3.07. The van der Waals surface area contributed by atoms with Gasteiger partial charge in [0, 0.05) is 5.56 Å². The highest BCUT2D eigenvalue weighted by molar-refractivity contribution is 5.82. The molecule has 0 N–H and O–H groups in total. The van der Waals surface area contributed by atoms with Gasteiger partial charge in [-0.3, -0.25) is 9.59 Å². The number of nitriles is 1. The number of ether oxygens (including phenoxy) is 1. The van der Waals surface area contributed by atoms with E-state index in [0.717, 1.165) is 5.56 Å². The first-order valence-corrected chi connectivity index (χ1v) is 5.26. The Labute approximate surface area is 99.8 Å². The summed E-state index contributed by atoms with van der Waals surface area (Å²) in [4.78, 5) is 22.2. The van der Waals surface area contributed by atoms with Crippen molar-refractivity contribution in [1.29, 1.82) is 5.26 Å². The van der Waals surface area contributed by atoms with Crippen LogP contribution in [0.5, 0.6) is 0 Å². The van der Waals surface area contributed by atoms with E-state index in [1.807, 2.05) is 6.07 Å². The minimum absolute atomic E-state index is 0.0501. The quantitative estimate of drug-likeness (QED) is 0.585. The van der Waals surface area contributed by atoms with Crippen LogP contribution in [0.3, 0.4) is 0 Å². The predicted octanol–water partition coefficient (Wildman–Crippen LogP) is 1.78. The average Bonchev–Trinajstić information content (AvgIpc) is 2.29. The number of aldehydes is 1. The van der Waals surface area contributed by atoms with Crippen molar-refractivity contribution in [2.24, 2.45) is 0 Å². The molecule has 0 atom stereocenters. The largest absolute Gasteiger partial charge is 0.466 e. The van der Waals surface area contributed by atoms with Crippen molar-refractivity contribution in [2.45, 2.75) is 20.3 Å². The maximum atomic E-state index is 11.3. The number of hydrogen-bond donors (Lipinski definition) is 0. The normalized spacial score (nSPS) is 9.47. The van der Waals surface area contributed by atoms with Gasteiger partial charge in [0.1, 0.15) is 6.29 Å². The Morgan fingerprint density at radius 1 is 1.53 bits per heavy atom. The number of aryl methyl sites for hydroxylation is 1. The van der Waals surface area contributed by atoms with E-state index in [1.165, 1.54) is 6.07 Å². The molecule has 0 radical (unpaired) electrons. The third kappa shape index (κ3) is 3.15. The number of carbonyl (C=O) groups is 2. The van der Waals surface area contributed by atoms with E-state index in [0.29, 0.717) is 29.6 Å². The van der Waals surface area contributed by atoms with Gasteiger partial charge >= 0.3 is 5.97 Å². The lowest BCUT2D eigenvalue weighted by atomic mass is 9.98. The number of benzene rings is 1. The first kappa shape index (κ1) is 12.9. The molecule has 88 valence electrons. The lowest BCUT2D eigenvalue weighted by molar-refractivity contribution is -0.142. The van der Waals surface area contributed by atoms with E-state index in [1.54, 1.807) is 19.9 Å². The van der Waals surface area contributed by atoms with Gasteiger partial charge in [0.05, 0.1) is 24.7 Å². The Hall–Kier alpha value is -2.15. The monoisotopic (exact) mass is 231 g/mol. The molecule has 0 spiro atoms. The third-order valence-electron chi connectivity index (χ3n) is 2.37. The standard InChI is InChI=1S/C13H13NO3/c1-3-17-13(16)6-10-4-9(2)11(7-14)5-12(10)8-15/h4-5,8H,3,6H2,1-2H3. The molecule has 0 aliphatic carbocycles. The van der Waals surface area contributed by atoms with Crippen LogP contribution in [-0.2, 0) is 16.0 Å². The zero-order chi connectivity index (χ0) is 12.8. The van der Waals surface area contributed by atoms with Gasteiger partial charge in [0.25, 0.3) is 0 Å². The fourth-order valence-electron chi connectivity index (χ4n) is 1.54. The fraction of sp³-hybridized carbons (Fsp3) is 0.308. The average molecular weight is 231 g/mol. The summed E-state index contributed by atoms with van der Waals surface area (Å²) < 4.78 is 4.82. The number of carbonyl (C=O) groups excluding carboxylic acids is 2. The Bertz CT molecular complexity index is 486. The second kappa shape index (κ2) is 5.80. The van der Waals surface area contributed by atoms with Gasteiger partial charge < -0.3 is 4.74 Å². The SMILES string of the molecule is CCOC(=O)Cc1cc(C)c(C#N)cc1C=O. The number of nitrogens with zero attached hydrogens (tertiary/aromatic N) is 1. The maximum absolute atomic E-state index is 11.3. The van der Waals surface area contributed by atoms with Crippen molar-refractivity contribution in [3.8, 4) is 6.07 Å². The molecule has 0 aliphatic rings. The van der Waals surface area contributed by atoms with Crippen LogP contribution in [-0.4, -0.2) is 18.9 Å². The zero-order valence-corrected chi connectivity index (χ0v) is 9.82. The summed E-state index contributed by atoms with van der Waals surface area (Å²) in [6, 6.07) is 5.18. The highest BCUT2D eigenvalue weighted by atomic mass is 16.5. The summed E-state index contributed by atoms with van der Waals surface area (Å²) in [6.07, 6.45) is 0.698. The zero-order valence-electron chi connectivity index (χ0n) is 9.82. The van der Waals surface area contributed by atoms with E-state index < -0.39 is 0 Å². The van der Waals surface area contributed by atoms with Crippen molar-refractivity contribution in [3.63, 3.8) is 0 Å². The molecule has 4 nitrogen and oxygen atoms in total. The minimum atomic E-state index is -0.375. The van der Waals surface area contributed by atoms with Crippen LogP contribution < -0.4 is 0 Å². The second-order valence-corrected chi connectivity index (χ2v) is 3.58. The van der Waals surface area contributed by atoms with Crippen LogP contribution in [0.15, 0.2) is 12.1 Å². The summed E-state index contributed by atoms with van der Waals surface area (Å²) in [5.74, 6) is -0.375. The molecule has 0 aromatic heterocycles. The second-order valence-electron chi connectivity index (χ2n) is 3.58. The van der Waals surface area contributed by atoms with Crippen LogP contribution in [0.25, 0.3) is 0 Å². The third-order valence-corrected chi connectivity index (χ3v) is 2.37. The Kier molecular flexibility index (Phi) is 4.41. The first-order chi connectivity index (χ1) is 8.12. The van der Waals surface area contributed by atoms with Crippen LogP contribution in [0.1, 0.15) is 34.0 Å². The summed E-state index contributed by atoms with van der Waals surface area (Å²) >= 11 is 0. The molecule has 0 fully saturated rings. The maximum Gasteiger partial charge on any atom is 0.310 e. The van der Waals surface area contributed by atoms with E-state index in [2.05, 4.69) is 0 Å². The van der Waals surface area contributed by atoms with Gasteiger partial charge in [-0.15, -0.1) is 0 Å². The molecule has 0 saturated carbocycles. The van der Waals surface area contributed by atoms with E-state index in [9.17, 15) is 9.59 Å². The molecule has 1 aromatic rings. The van der Waals surface area contributed by atoms with Crippen LogP contribution >= 0.6 is 0 Å². The van der Waals surface area contributed by atoms with Gasteiger partial charge in [-0.05, 0) is 31.0 Å². The summed E-state index contributed by atoms with van der Waals surface area (Å²) in [7, 11) is 0. The Morgan fingerprint density at radius 3 is 2.76 bits per heavy atom. The van der Waals surface area contributed by atoms with Gasteiger partial charge in [-0.25, -0.2) is 0 Å². The first-order valence-electron chi connectivity index (χ1n) is 5.26. The lowest BCUT2D eigenvalue weighted by Crippen LogP contribution is -2.09. The molecule has 1 rings (SSSR count). The molecule has 1 aromatic carbocycles. The van der Waals surface area contributed by atoms with Crippen molar-refractivity contribution in [1.82, 2.24) is 0 Å². The molecule has 0 bridgehead atoms. The van der Waals surface area contributed by atoms with Crippen LogP contribution in [0.4, 0.5) is 0 Å². The van der Waals surface area contributed by atoms with Gasteiger partial charge in [-0.2, -0.15) is 5.26 Å². The summed E-state index contributed by atoms with van der Waals surface area (Å²) in [5.41, 5.74) is 2.15. The van der Waals surface area contributed by atoms with Crippen LogP contribution in [0, 0.1) is 18.3 Å². The molecular weight excluding hydrogens is 218 g/mol. The van der Waals surface area contributed by atoms with Gasteiger partial charge in [0.15, 0.2) is 0 Å². The van der Waals surface area contributed by atoms with Crippen molar-refractivity contribution >= 4 is 12.3 Å². The van der Waals surface area contributed by atoms with Gasteiger partial charge in [0.2, 0.25) is 0 Å². The number of esters is 1. The molecule has 4 heteroatoms. The minimum Gasteiger partial charge on any atom is -0.466 e. The summed E-state index contributed by atoms with van der Waals surface area (Å²) in [6.45, 7) is 3.80. The van der Waals surface area contributed by atoms with Crippen molar-refractivity contribution < 1.29 is 14.3 Å².